The summed E-state index contributed by atoms with van der Waals surface area (Å²) < 4.78 is 0. The van der Waals surface area contributed by atoms with Crippen LogP contribution in [0, 0.1) is 47.5 Å². The molecule has 13 rings (SSSR count). The molecule has 1 fully saturated rings. The number of aryl methyl sites for hydroxylation is 6. The molecule has 0 aliphatic heterocycles. The lowest BCUT2D eigenvalue weighted by atomic mass is 9.83. The number of allylic oxidation sites excluding steroid dienone is 2. The van der Waals surface area contributed by atoms with Crippen LogP contribution in [0.5, 0.6) is 0 Å². The maximum absolute atomic E-state index is 2.72. The van der Waals surface area contributed by atoms with E-state index in [1.807, 2.05) is 0 Å². The van der Waals surface area contributed by atoms with Crippen molar-refractivity contribution in [2.75, 3.05) is 14.7 Å². The molecule has 1 aliphatic rings. The summed E-state index contributed by atoms with van der Waals surface area (Å²) in [5.74, 6) is 0.498. The minimum Gasteiger partial charge on any atom is -0.337 e. The number of hydrogen-bond donors (Lipinski definition) is 0. The summed E-state index contributed by atoms with van der Waals surface area (Å²) in [6.45, 7) is 12.9. The van der Waals surface area contributed by atoms with E-state index in [4.69, 9.17) is 0 Å². The highest BCUT2D eigenvalue weighted by Gasteiger charge is 2.31. The third-order valence-electron chi connectivity index (χ3n) is 18.2. The molecule has 0 bridgehead atoms. The molecule has 90 heavy (non-hydrogen) atoms. The number of nitrogens with zero attached hydrogens (tertiary/aromatic N) is 3. The van der Waals surface area contributed by atoms with Gasteiger partial charge in [0.2, 0.25) is 0 Å². The first-order valence-corrected chi connectivity index (χ1v) is 32.1. The van der Waals surface area contributed by atoms with Crippen LogP contribution in [0.25, 0.3) is 51.4 Å². The highest BCUT2D eigenvalue weighted by molar-refractivity contribution is 6.22. The van der Waals surface area contributed by atoms with Crippen molar-refractivity contribution in [2.24, 2.45) is 5.92 Å². The van der Waals surface area contributed by atoms with Crippen molar-refractivity contribution < 1.29 is 0 Å². The fourth-order valence-corrected chi connectivity index (χ4v) is 13.0. The molecule has 0 unspecified atom stereocenters. The Labute approximate surface area is 533 Å². The first-order valence-electron chi connectivity index (χ1n) is 32.1. The first kappa shape index (κ1) is 58.8. The second kappa shape index (κ2) is 26.6. The second-order valence-corrected chi connectivity index (χ2v) is 25.0. The molecular weight excluding hydrogens is 1090 g/mol. The summed E-state index contributed by atoms with van der Waals surface area (Å²) in [5, 5.41) is 4.93. The SMILES string of the molecule is Cc1ccc(/C=C(/Cc2ccc(C)cc2)c2ccc(/C=C/C3CCC(N(c4ccc(C)cc4)c4c5ccccc5c(N(c5ccc(C)cc5)c5ccc(/C=C/c6ccc(N(c7ccc(C)cc7)c7ccc(C)cc7)cc6)cc5)c5ccccc45)CC3)cc2)cc1. The lowest BCUT2D eigenvalue weighted by Gasteiger charge is -2.40. The van der Waals surface area contributed by atoms with Crippen molar-refractivity contribution >= 4 is 96.9 Å². The summed E-state index contributed by atoms with van der Waals surface area (Å²) in [6, 6.07) is 99.5. The van der Waals surface area contributed by atoms with Crippen LogP contribution in [0.1, 0.15) is 92.4 Å². The van der Waals surface area contributed by atoms with Gasteiger partial charge in [-0.1, -0.05) is 258 Å². The number of anilines is 8. The monoisotopic (exact) mass is 1170 g/mol. The van der Waals surface area contributed by atoms with Gasteiger partial charge in [-0.15, -0.1) is 0 Å². The predicted molar refractivity (Wildman–Crippen MR) is 389 cm³/mol. The molecule has 1 saturated carbocycles. The van der Waals surface area contributed by atoms with Gasteiger partial charge in [0.05, 0.1) is 11.4 Å². The molecule has 0 heterocycles. The summed E-state index contributed by atoms with van der Waals surface area (Å²) in [5.41, 5.74) is 25.5. The van der Waals surface area contributed by atoms with Gasteiger partial charge in [-0.05, 0) is 191 Å². The van der Waals surface area contributed by atoms with Crippen LogP contribution in [-0.2, 0) is 6.42 Å². The third-order valence-corrected chi connectivity index (χ3v) is 18.2. The van der Waals surface area contributed by atoms with Gasteiger partial charge in [0.25, 0.3) is 0 Å². The fraction of sp³-hybridized carbons (Fsp3) is 0.149. The Morgan fingerprint density at radius 2 is 0.656 bits per heavy atom. The molecule has 12 aromatic carbocycles. The Kier molecular flexibility index (Phi) is 17.4. The minimum absolute atomic E-state index is 0.306. The van der Waals surface area contributed by atoms with Crippen LogP contribution in [0.4, 0.5) is 45.5 Å². The zero-order chi connectivity index (χ0) is 61.5. The van der Waals surface area contributed by atoms with Crippen LogP contribution < -0.4 is 14.7 Å². The Morgan fingerprint density at radius 1 is 0.322 bits per heavy atom. The van der Waals surface area contributed by atoms with Crippen LogP contribution in [0.2, 0.25) is 0 Å². The zero-order valence-corrected chi connectivity index (χ0v) is 52.8. The highest BCUT2D eigenvalue weighted by Crippen LogP contribution is 2.51. The first-order chi connectivity index (χ1) is 44.0. The zero-order valence-electron chi connectivity index (χ0n) is 52.8. The standard InChI is InChI=1S/C87H79N3/c1-61-15-27-71(28-16-61)59-74(60-72-29-17-62(2)18-30-72)73-43-35-67(36-44-73)31-32-69-39-55-80(56-40-69)89(78-49-23-65(5)24-50-78)86-82-11-7-9-13-84(82)87(85-14-10-8-12-83(85)86)90(79-51-25-66(6)26-52-79)81-57-41-70(42-58-81)34-33-68-37-53-77(54-38-68)88(75-45-19-63(3)20-46-75)76-47-21-64(4)22-48-76/h7-38,41-54,57-59,69,80H,39-40,55-56,60H2,1-6H3/b32-31+,34-33+,74-59-. The van der Waals surface area contributed by atoms with Crippen LogP contribution >= 0.6 is 0 Å². The highest BCUT2D eigenvalue weighted by atomic mass is 15.2. The van der Waals surface area contributed by atoms with Crippen LogP contribution in [0.3, 0.4) is 0 Å². The molecule has 3 nitrogen and oxygen atoms in total. The molecule has 12 aromatic rings. The van der Waals surface area contributed by atoms with Crippen molar-refractivity contribution in [3.05, 3.63) is 340 Å². The lowest BCUT2D eigenvalue weighted by molar-refractivity contribution is 0.373. The van der Waals surface area contributed by atoms with Crippen LogP contribution in [0.15, 0.2) is 273 Å². The van der Waals surface area contributed by atoms with E-state index in [-0.39, 0.29) is 0 Å². The van der Waals surface area contributed by atoms with Gasteiger partial charge in [0.1, 0.15) is 0 Å². The quantitative estimate of drug-likeness (QED) is 0.0511. The number of benzene rings is 12. The van der Waals surface area contributed by atoms with Gasteiger partial charge in [0, 0.05) is 61.7 Å². The molecule has 0 atom stereocenters. The van der Waals surface area contributed by atoms with E-state index in [1.54, 1.807) is 0 Å². The van der Waals surface area contributed by atoms with E-state index in [0.717, 1.165) is 71.7 Å². The van der Waals surface area contributed by atoms with Gasteiger partial charge >= 0.3 is 0 Å². The molecule has 1 aliphatic carbocycles. The van der Waals surface area contributed by atoms with E-state index >= 15 is 0 Å². The van der Waals surface area contributed by atoms with Gasteiger partial charge in [-0.25, -0.2) is 0 Å². The van der Waals surface area contributed by atoms with Crippen molar-refractivity contribution in [2.45, 2.75) is 79.7 Å². The van der Waals surface area contributed by atoms with Crippen molar-refractivity contribution in [3.63, 3.8) is 0 Å². The molecule has 442 valence electrons. The van der Waals surface area contributed by atoms with E-state index in [9.17, 15) is 0 Å². The maximum atomic E-state index is 2.72. The van der Waals surface area contributed by atoms with E-state index in [2.05, 4.69) is 354 Å². The van der Waals surface area contributed by atoms with Crippen molar-refractivity contribution in [1.29, 1.82) is 0 Å². The largest absolute Gasteiger partial charge is 0.337 e. The predicted octanol–water partition coefficient (Wildman–Crippen LogP) is 24.1. The molecule has 0 N–H and O–H groups in total. The summed E-state index contributed by atoms with van der Waals surface area (Å²) >= 11 is 0. The second-order valence-electron chi connectivity index (χ2n) is 25.0. The lowest BCUT2D eigenvalue weighted by Crippen LogP contribution is -2.35. The number of rotatable bonds is 17. The Balaban J connectivity index is 0.788. The van der Waals surface area contributed by atoms with Crippen molar-refractivity contribution in [1.82, 2.24) is 0 Å². The van der Waals surface area contributed by atoms with Gasteiger partial charge in [-0.2, -0.15) is 0 Å². The Morgan fingerprint density at radius 3 is 1.09 bits per heavy atom. The molecule has 3 heteroatoms. The number of hydrogen-bond acceptors (Lipinski definition) is 3. The van der Waals surface area contributed by atoms with Crippen LogP contribution in [-0.4, -0.2) is 6.04 Å². The average molecular weight is 1170 g/mol. The minimum atomic E-state index is 0.306. The summed E-state index contributed by atoms with van der Waals surface area (Å²) in [6.07, 6.45) is 17.0. The van der Waals surface area contributed by atoms with E-state index in [0.29, 0.717) is 12.0 Å². The molecule has 0 aromatic heterocycles. The molecule has 0 spiro atoms. The van der Waals surface area contributed by atoms with E-state index < -0.39 is 0 Å². The normalized spacial score (nSPS) is 14.4. The van der Waals surface area contributed by atoms with Gasteiger partial charge in [-0.3, -0.25) is 0 Å². The average Bonchev–Trinajstić information content (AvgIpc) is 0.742. The molecule has 0 amide bonds. The number of fused-ring (bicyclic) bond motifs is 2. The Hall–Kier alpha value is -10.2. The molecule has 0 radical (unpaired) electrons. The maximum Gasteiger partial charge on any atom is 0.0619 e. The van der Waals surface area contributed by atoms with Gasteiger partial charge < -0.3 is 14.7 Å². The molecule has 0 saturated heterocycles. The van der Waals surface area contributed by atoms with E-state index in [1.165, 1.54) is 99.8 Å². The smallest absolute Gasteiger partial charge is 0.0619 e. The fourth-order valence-electron chi connectivity index (χ4n) is 13.0. The third kappa shape index (κ3) is 13.3. The summed E-state index contributed by atoms with van der Waals surface area (Å²) in [7, 11) is 0. The molecular formula is C87H79N3. The van der Waals surface area contributed by atoms with Gasteiger partial charge in [0.15, 0.2) is 0 Å². The topological polar surface area (TPSA) is 9.72 Å². The summed E-state index contributed by atoms with van der Waals surface area (Å²) in [4.78, 5) is 7.53. The Bertz CT molecular complexity index is 4390. The van der Waals surface area contributed by atoms with Crippen molar-refractivity contribution in [3.8, 4) is 0 Å².